The molecule has 0 aliphatic heterocycles. The van der Waals surface area contributed by atoms with Crippen molar-refractivity contribution in [2.75, 3.05) is 19.8 Å². The maximum atomic E-state index is 11.3. The van der Waals surface area contributed by atoms with Gasteiger partial charge in [0.2, 0.25) is 5.91 Å². The smallest absolute Gasteiger partial charge is 0.246 e. The number of amides is 1. The van der Waals surface area contributed by atoms with E-state index in [1.165, 1.54) is 0 Å². The first-order chi connectivity index (χ1) is 6.87. The summed E-state index contributed by atoms with van der Waals surface area (Å²) in [6, 6.07) is 0. The lowest BCUT2D eigenvalue weighted by atomic mass is 10.1. The van der Waals surface area contributed by atoms with Crippen LogP contribution in [0.2, 0.25) is 0 Å². The highest BCUT2D eigenvalue weighted by Crippen LogP contribution is 2.06. The molecule has 15 heavy (non-hydrogen) atoms. The zero-order chi connectivity index (χ0) is 11.9. The zero-order valence-electron chi connectivity index (χ0n) is 10.4. The summed E-state index contributed by atoms with van der Waals surface area (Å²) in [5.74, 6) is -0.100. The van der Waals surface area contributed by atoms with E-state index in [0.717, 1.165) is 0 Å². The van der Waals surface area contributed by atoms with Crippen LogP contribution in [-0.4, -0.2) is 37.4 Å². The molecule has 0 spiro atoms. The minimum Gasteiger partial charge on any atom is -0.374 e. The quantitative estimate of drug-likeness (QED) is 0.700. The third-order valence-corrected chi connectivity index (χ3v) is 1.79. The van der Waals surface area contributed by atoms with E-state index in [0.29, 0.717) is 13.2 Å². The molecule has 1 amide bonds. The molecule has 4 nitrogen and oxygen atoms in total. The van der Waals surface area contributed by atoms with Crippen LogP contribution in [0.25, 0.3) is 0 Å². The summed E-state index contributed by atoms with van der Waals surface area (Å²) in [6.07, 6.45) is 0.0793. The molecule has 0 aromatic carbocycles. The predicted octanol–water partition coefficient (Wildman–Crippen LogP) is 1.34. The molecule has 0 unspecified atom stereocenters. The standard InChI is InChI=1S/C11H23NO3/c1-6-15-11(4,5)8-12-10(13)7-14-9(2)3/h9H,6-8H2,1-5H3,(H,12,13). The number of hydrogen-bond acceptors (Lipinski definition) is 3. The molecule has 0 aliphatic carbocycles. The first-order valence-electron chi connectivity index (χ1n) is 5.39. The van der Waals surface area contributed by atoms with Crippen LogP contribution >= 0.6 is 0 Å². The summed E-state index contributed by atoms with van der Waals surface area (Å²) in [6.45, 7) is 10.9. The van der Waals surface area contributed by atoms with Crippen molar-refractivity contribution in [3.63, 3.8) is 0 Å². The third-order valence-electron chi connectivity index (χ3n) is 1.79. The second kappa shape index (κ2) is 6.80. The van der Waals surface area contributed by atoms with Crippen LogP contribution < -0.4 is 5.32 Å². The van der Waals surface area contributed by atoms with Gasteiger partial charge < -0.3 is 14.8 Å². The van der Waals surface area contributed by atoms with Crippen LogP contribution in [-0.2, 0) is 14.3 Å². The minimum atomic E-state index is -0.317. The first-order valence-corrected chi connectivity index (χ1v) is 5.39. The van der Waals surface area contributed by atoms with Crippen LogP contribution in [0.3, 0.4) is 0 Å². The van der Waals surface area contributed by atoms with Crippen molar-refractivity contribution in [1.82, 2.24) is 5.32 Å². The zero-order valence-corrected chi connectivity index (χ0v) is 10.4. The fourth-order valence-corrected chi connectivity index (χ4v) is 1.05. The molecule has 0 saturated carbocycles. The van der Waals surface area contributed by atoms with Crippen molar-refractivity contribution in [3.8, 4) is 0 Å². The van der Waals surface area contributed by atoms with Crippen molar-refractivity contribution in [2.24, 2.45) is 0 Å². The molecule has 0 rings (SSSR count). The SMILES string of the molecule is CCOC(C)(C)CNC(=O)COC(C)C. The molecule has 0 aliphatic rings. The highest BCUT2D eigenvalue weighted by atomic mass is 16.5. The molecular formula is C11H23NO3. The Morgan fingerprint density at radius 1 is 1.40 bits per heavy atom. The van der Waals surface area contributed by atoms with Crippen LogP contribution in [0, 0.1) is 0 Å². The lowest BCUT2D eigenvalue weighted by Gasteiger charge is -2.24. The molecule has 0 radical (unpaired) electrons. The second-order valence-electron chi connectivity index (χ2n) is 4.33. The summed E-state index contributed by atoms with van der Waals surface area (Å²) < 4.78 is 10.6. The van der Waals surface area contributed by atoms with Crippen molar-refractivity contribution in [3.05, 3.63) is 0 Å². The molecule has 90 valence electrons. The van der Waals surface area contributed by atoms with Gasteiger partial charge in [-0.3, -0.25) is 4.79 Å². The Morgan fingerprint density at radius 3 is 2.47 bits per heavy atom. The molecule has 0 atom stereocenters. The Labute approximate surface area is 92.3 Å². The van der Waals surface area contributed by atoms with Gasteiger partial charge in [-0.25, -0.2) is 0 Å². The van der Waals surface area contributed by atoms with Crippen LogP contribution in [0.5, 0.6) is 0 Å². The van der Waals surface area contributed by atoms with Gasteiger partial charge in [-0.15, -0.1) is 0 Å². The monoisotopic (exact) mass is 217 g/mol. The average Bonchev–Trinajstić information content (AvgIpc) is 2.11. The van der Waals surface area contributed by atoms with Crippen molar-refractivity contribution >= 4 is 5.91 Å². The van der Waals surface area contributed by atoms with Crippen molar-refractivity contribution < 1.29 is 14.3 Å². The fourth-order valence-electron chi connectivity index (χ4n) is 1.05. The normalized spacial score (nSPS) is 11.9. The second-order valence-corrected chi connectivity index (χ2v) is 4.33. The Bertz CT molecular complexity index is 190. The van der Waals surface area contributed by atoms with Crippen LogP contribution in [0.4, 0.5) is 0 Å². The molecule has 0 saturated heterocycles. The van der Waals surface area contributed by atoms with Gasteiger partial charge in [-0.1, -0.05) is 0 Å². The molecule has 1 N–H and O–H groups in total. The number of rotatable bonds is 7. The molecule has 0 aromatic rings. The van der Waals surface area contributed by atoms with Gasteiger partial charge in [0.1, 0.15) is 6.61 Å². The average molecular weight is 217 g/mol. The maximum absolute atomic E-state index is 11.3. The van der Waals surface area contributed by atoms with E-state index >= 15 is 0 Å². The number of hydrogen-bond donors (Lipinski definition) is 1. The lowest BCUT2D eigenvalue weighted by molar-refractivity contribution is -0.128. The van der Waals surface area contributed by atoms with Crippen LogP contribution in [0.1, 0.15) is 34.6 Å². The summed E-state index contributed by atoms with van der Waals surface area (Å²) in [5.41, 5.74) is -0.317. The Hall–Kier alpha value is -0.610. The van der Waals surface area contributed by atoms with Gasteiger partial charge in [0.05, 0.1) is 11.7 Å². The van der Waals surface area contributed by atoms with Crippen LogP contribution in [0.15, 0.2) is 0 Å². The van der Waals surface area contributed by atoms with Gasteiger partial charge in [0, 0.05) is 13.2 Å². The lowest BCUT2D eigenvalue weighted by Crippen LogP contribution is -2.42. The van der Waals surface area contributed by atoms with E-state index < -0.39 is 0 Å². The molecular weight excluding hydrogens is 194 g/mol. The molecule has 0 fully saturated rings. The Balaban J connectivity index is 3.70. The minimum absolute atomic E-state index is 0.0793. The fraction of sp³-hybridized carbons (Fsp3) is 0.909. The summed E-state index contributed by atoms with van der Waals surface area (Å²) in [5, 5.41) is 2.77. The van der Waals surface area contributed by atoms with E-state index in [-0.39, 0.29) is 24.2 Å². The number of nitrogens with one attached hydrogen (secondary N) is 1. The predicted molar refractivity (Wildman–Crippen MR) is 59.8 cm³/mol. The van der Waals surface area contributed by atoms with Gasteiger partial charge in [0.25, 0.3) is 0 Å². The summed E-state index contributed by atoms with van der Waals surface area (Å²) in [7, 11) is 0. The topological polar surface area (TPSA) is 47.6 Å². The molecule has 4 heteroatoms. The van der Waals surface area contributed by atoms with Crippen molar-refractivity contribution in [2.45, 2.75) is 46.3 Å². The number of ether oxygens (including phenoxy) is 2. The highest BCUT2D eigenvalue weighted by molar-refractivity contribution is 5.77. The van der Waals surface area contributed by atoms with E-state index in [1.807, 2.05) is 34.6 Å². The Kier molecular flexibility index (Phi) is 6.52. The van der Waals surface area contributed by atoms with Gasteiger partial charge in [-0.05, 0) is 34.6 Å². The Morgan fingerprint density at radius 2 is 2.00 bits per heavy atom. The highest BCUT2D eigenvalue weighted by Gasteiger charge is 2.18. The molecule has 0 bridgehead atoms. The number of carbonyl (C=O) groups is 1. The largest absolute Gasteiger partial charge is 0.374 e. The van der Waals surface area contributed by atoms with Gasteiger partial charge >= 0.3 is 0 Å². The summed E-state index contributed by atoms with van der Waals surface area (Å²) >= 11 is 0. The van der Waals surface area contributed by atoms with Crippen molar-refractivity contribution in [1.29, 1.82) is 0 Å². The maximum Gasteiger partial charge on any atom is 0.246 e. The van der Waals surface area contributed by atoms with Gasteiger partial charge in [-0.2, -0.15) is 0 Å². The number of carbonyl (C=O) groups excluding carboxylic acids is 1. The van der Waals surface area contributed by atoms with E-state index in [9.17, 15) is 4.79 Å². The first kappa shape index (κ1) is 14.4. The van der Waals surface area contributed by atoms with E-state index in [1.54, 1.807) is 0 Å². The third kappa shape index (κ3) is 8.39. The van der Waals surface area contributed by atoms with E-state index in [2.05, 4.69) is 5.32 Å². The van der Waals surface area contributed by atoms with E-state index in [4.69, 9.17) is 9.47 Å². The molecule has 0 heterocycles. The molecule has 0 aromatic heterocycles. The summed E-state index contributed by atoms with van der Waals surface area (Å²) in [4.78, 5) is 11.3. The van der Waals surface area contributed by atoms with Gasteiger partial charge in [0.15, 0.2) is 0 Å².